The molecule has 0 N–H and O–H groups in total. The lowest BCUT2D eigenvalue weighted by atomic mass is 9.45. The van der Waals surface area contributed by atoms with E-state index >= 15 is 0 Å². The number of carbonyl (C=O) groups is 2. The lowest BCUT2D eigenvalue weighted by molar-refractivity contribution is -0.191. The molecule has 2 aliphatic heterocycles. The van der Waals surface area contributed by atoms with Gasteiger partial charge < -0.3 is 13.9 Å². The van der Waals surface area contributed by atoms with Crippen LogP contribution in [-0.4, -0.2) is 42.6 Å². The Kier molecular flexibility index (Phi) is 4.56. The molecule has 2 aromatic rings. The number of piperidine rings is 2. The molecule has 1 aromatic heterocycles. The van der Waals surface area contributed by atoms with Gasteiger partial charge in [-0.3, -0.25) is 9.69 Å². The molecule has 31 heavy (non-hydrogen) atoms. The SMILES string of the molecule is CCC12CC3c4c(cccc4OC)CC(N1C)[C@]3(C)CC2C(=O)OC(=O)c1ccco1. The summed E-state index contributed by atoms with van der Waals surface area (Å²) in [6, 6.07) is 9.77. The maximum absolute atomic E-state index is 13.3. The van der Waals surface area contributed by atoms with Crippen molar-refractivity contribution >= 4 is 11.9 Å². The first-order chi connectivity index (χ1) is 14.9. The van der Waals surface area contributed by atoms with Gasteiger partial charge in [0.1, 0.15) is 5.75 Å². The molecule has 1 saturated carbocycles. The minimum absolute atomic E-state index is 0.0509. The summed E-state index contributed by atoms with van der Waals surface area (Å²) >= 11 is 0. The van der Waals surface area contributed by atoms with Crippen LogP contribution in [0.2, 0.25) is 0 Å². The van der Waals surface area contributed by atoms with Crippen LogP contribution in [0.3, 0.4) is 0 Å². The monoisotopic (exact) mass is 423 g/mol. The number of nitrogens with zero attached hydrogens (tertiary/aromatic N) is 1. The molecule has 3 fully saturated rings. The average molecular weight is 424 g/mol. The summed E-state index contributed by atoms with van der Waals surface area (Å²) in [6.07, 6.45) is 4.69. The highest BCUT2D eigenvalue weighted by Gasteiger charge is 2.67. The average Bonchev–Trinajstić information content (AvgIpc) is 3.30. The predicted octanol–water partition coefficient (Wildman–Crippen LogP) is 4.19. The zero-order valence-corrected chi connectivity index (χ0v) is 18.5. The second-order valence-corrected chi connectivity index (χ2v) is 9.53. The first-order valence-electron chi connectivity index (χ1n) is 11.0. The number of fused-ring (bicyclic) bond motifs is 2. The maximum Gasteiger partial charge on any atom is 0.381 e. The normalized spacial score (nSPS) is 33.6. The number of hydrogen-bond acceptors (Lipinski definition) is 6. The number of benzene rings is 1. The topological polar surface area (TPSA) is 69.0 Å². The van der Waals surface area contributed by atoms with E-state index in [1.54, 1.807) is 13.2 Å². The summed E-state index contributed by atoms with van der Waals surface area (Å²) in [7, 11) is 3.87. The Morgan fingerprint density at radius 1 is 1.23 bits per heavy atom. The molecule has 5 atom stereocenters. The molecule has 3 heterocycles. The molecule has 4 bridgehead atoms. The van der Waals surface area contributed by atoms with Crippen molar-refractivity contribution in [2.75, 3.05) is 14.2 Å². The van der Waals surface area contributed by atoms with Gasteiger partial charge in [-0.2, -0.15) is 0 Å². The summed E-state index contributed by atoms with van der Waals surface area (Å²) in [5.41, 5.74) is 2.18. The molecule has 0 radical (unpaired) electrons. The van der Waals surface area contributed by atoms with Crippen molar-refractivity contribution in [1.29, 1.82) is 0 Å². The van der Waals surface area contributed by atoms with Gasteiger partial charge in [0, 0.05) is 17.1 Å². The minimum atomic E-state index is -0.720. The Morgan fingerprint density at radius 2 is 2.03 bits per heavy atom. The Morgan fingerprint density at radius 3 is 2.71 bits per heavy atom. The zero-order chi connectivity index (χ0) is 22.0. The van der Waals surface area contributed by atoms with Gasteiger partial charge in [-0.05, 0) is 67.8 Å². The summed E-state index contributed by atoms with van der Waals surface area (Å²) < 4.78 is 16.2. The van der Waals surface area contributed by atoms with Crippen LogP contribution in [0.4, 0.5) is 0 Å². The van der Waals surface area contributed by atoms with Crippen LogP contribution < -0.4 is 4.74 Å². The highest BCUT2D eigenvalue weighted by Crippen LogP contribution is 2.67. The molecule has 4 aliphatic rings. The van der Waals surface area contributed by atoms with Gasteiger partial charge in [-0.25, -0.2) is 4.79 Å². The van der Waals surface area contributed by atoms with Crippen LogP contribution in [0.15, 0.2) is 41.0 Å². The molecule has 6 rings (SSSR count). The van der Waals surface area contributed by atoms with E-state index in [1.807, 2.05) is 6.07 Å². The van der Waals surface area contributed by atoms with E-state index in [0.29, 0.717) is 18.4 Å². The van der Waals surface area contributed by atoms with Crippen molar-refractivity contribution < 1.29 is 23.5 Å². The first-order valence-corrected chi connectivity index (χ1v) is 11.0. The van der Waals surface area contributed by atoms with Gasteiger partial charge in [0.25, 0.3) is 0 Å². The van der Waals surface area contributed by atoms with Crippen LogP contribution in [0.1, 0.15) is 60.7 Å². The van der Waals surface area contributed by atoms with Crippen LogP contribution in [0.5, 0.6) is 5.75 Å². The van der Waals surface area contributed by atoms with Crippen LogP contribution >= 0.6 is 0 Å². The molecule has 2 saturated heterocycles. The summed E-state index contributed by atoms with van der Waals surface area (Å²) in [4.78, 5) is 28.1. The standard InChI is InChI=1S/C25H29NO5/c1-5-25-14-16-21-15(8-6-9-18(21)29-4)12-20(26(25)3)24(16,2)13-17(25)22(27)31-23(28)19-10-7-11-30-19/h6-11,16-17,20H,5,12-14H2,1-4H3/t16?,17?,20?,24-,25?/m1/s1. The van der Waals surface area contributed by atoms with Gasteiger partial charge in [0.15, 0.2) is 0 Å². The second kappa shape index (κ2) is 6.95. The second-order valence-electron chi connectivity index (χ2n) is 9.53. The van der Waals surface area contributed by atoms with Crippen molar-refractivity contribution in [3.05, 3.63) is 53.5 Å². The minimum Gasteiger partial charge on any atom is -0.496 e. The molecule has 0 spiro atoms. The van der Waals surface area contributed by atoms with Crippen LogP contribution in [0.25, 0.3) is 0 Å². The van der Waals surface area contributed by atoms with E-state index in [1.165, 1.54) is 23.5 Å². The molecule has 0 amide bonds. The number of carbonyl (C=O) groups excluding carboxylic acids is 2. The molecule has 4 unspecified atom stereocenters. The number of ether oxygens (including phenoxy) is 2. The lowest BCUT2D eigenvalue weighted by Crippen LogP contribution is -2.74. The molecule has 6 heteroatoms. The number of esters is 2. The van der Waals surface area contributed by atoms with E-state index < -0.39 is 11.9 Å². The third-order valence-electron chi connectivity index (χ3n) is 8.53. The van der Waals surface area contributed by atoms with Gasteiger partial charge in [-0.15, -0.1) is 0 Å². The van der Waals surface area contributed by atoms with E-state index in [2.05, 4.69) is 37.9 Å². The van der Waals surface area contributed by atoms with E-state index in [4.69, 9.17) is 13.9 Å². The Hall–Kier alpha value is -2.60. The van der Waals surface area contributed by atoms with Crippen molar-refractivity contribution in [2.45, 2.75) is 57.0 Å². The van der Waals surface area contributed by atoms with Crippen LogP contribution in [0, 0.1) is 11.3 Å². The first kappa shape index (κ1) is 20.3. The van der Waals surface area contributed by atoms with Crippen molar-refractivity contribution in [1.82, 2.24) is 4.90 Å². The van der Waals surface area contributed by atoms with Crippen molar-refractivity contribution in [2.24, 2.45) is 11.3 Å². The summed E-state index contributed by atoms with van der Waals surface area (Å²) in [5, 5.41) is 0. The van der Waals surface area contributed by atoms with Crippen molar-refractivity contribution in [3.8, 4) is 5.75 Å². The van der Waals surface area contributed by atoms with Gasteiger partial charge in [0.05, 0.1) is 19.3 Å². The van der Waals surface area contributed by atoms with Gasteiger partial charge in [-0.1, -0.05) is 26.0 Å². The fourth-order valence-corrected chi connectivity index (χ4v) is 6.91. The zero-order valence-electron chi connectivity index (χ0n) is 18.5. The third kappa shape index (κ3) is 2.67. The highest BCUT2D eigenvalue weighted by molar-refractivity contribution is 5.95. The fourth-order valence-electron chi connectivity index (χ4n) is 6.91. The Labute approximate surface area is 182 Å². The fraction of sp³-hybridized carbons (Fsp3) is 0.520. The van der Waals surface area contributed by atoms with Gasteiger partial charge >= 0.3 is 11.9 Å². The molecule has 2 aliphatic carbocycles. The van der Waals surface area contributed by atoms with Crippen molar-refractivity contribution in [3.63, 3.8) is 0 Å². The summed E-state index contributed by atoms with van der Waals surface area (Å²) in [6.45, 7) is 4.43. The molecule has 1 aromatic carbocycles. The predicted molar refractivity (Wildman–Crippen MR) is 114 cm³/mol. The number of hydrogen-bond donors (Lipinski definition) is 0. The van der Waals surface area contributed by atoms with E-state index in [0.717, 1.165) is 25.0 Å². The summed E-state index contributed by atoms with van der Waals surface area (Å²) in [5.74, 6) is -0.235. The Bertz CT molecular complexity index is 1030. The number of methoxy groups -OCH3 is 1. The number of likely N-dealkylation sites (N-methyl/N-ethyl adjacent to an activating group) is 1. The molecule has 6 nitrogen and oxygen atoms in total. The number of rotatable bonds is 4. The highest BCUT2D eigenvalue weighted by atomic mass is 16.6. The van der Waals surface area contributed by atoms with Gasteiger partial charge in [0.2, 0.25) is 5.76 Å². The largest absolute Gasteiger partial charge is 0.496 e. The molecular weight excluding hydrogens is 394 g/mol. The smallest absolute Gasteiger partial charge is 0.381 e. The third-order valence-corrected chi connectivity index (χ3v) is 8.53. The molecular formula is C25H29NO5. The van der Waals surface area contributed by atoms with E-state index in [-0.39, 0.29) is 22.6 Å². The van der Waals surface area contributed by atoms with E-state index in [9.17, 15) is 9.59 Å². The molecule has 164 valence electrons. The maximum atomic E-state index is 13.3. The Balaban J connectivity index is 1.53. The lowest BCUT2D eigenvalue weighted by Gasteiger charge is -2.70. The van der Waals surface area contributed by atoms with Crippen LogP contribution in [-0.2, 0) is 16.0 Å². The quantitative estimate of drug-likeness (QED) is 0.543. The number of furan rings is 1.